The van der Waals surface area contributed by atoms with E-state index in [2.05, 4.69) is 56.3 Å². The van der Waals surface area contributed by atoms with Crippen LogP contribution in [0.2, 0.25) is 0 Å². The summed E-state index contributed by atoms with van der Waals surface area (Å²) >= 11 is 3.42. The fraction of sp³-hybridized carbons (Fsp3) is 0.409. The van der Waals surface area contributed by atoms with Gasteiger partial charge in [-0.25, -0.2) is 0 Å². The van der Waals surface area contributed by atoms with Gasteiger partial charge in [0, 0.05) is 49.3 Å². The molecule has 150 valence electrons. The second-order valence-electron chi connectivity index (χ2n) is 7.11. The van der Waals surface area contributed by atoms with Crippen molar-refractivity contribution in [1.82, 2.24) is 10.2 Å². The molecule has 1 N–H and O–H groups in total. The fourth-order valence-corrected chi connectivity index (χ4v) is 3.66. The van der Waals surface area contributed by atoms with Gasteiger partial charge in [-0.1, -0.05) is 40.2 Å². The monoisotopic (exact) mass is 445 g/mol. The summed E-state index contributed by atoms with van der Waals surface area (Å²) in [7, 11) is 2.16. The van der Waals surface area contributed by atoms with Crippen LogP contribution in [-0.2, 0) is 11.3 Å². The zero-order valence-corrected chi connectivity index (χ0v) is 18.0. The first kappa shape index (κ1) is 20.7. The molecule has 0 unspecified atom stereocenters. The molecule has 1 saturated heterocycles. The first-order valence-electron chi connectivity index (χ1n) is 9.78. The van der Waals surface area contributed by atoms with E-state index < -0.39 is 0 Å². The third-order valence-corrected chi connectivity index (χ3v) is 5.42. The van der Waals surface area contributed by atoms with Crippen LogP contribution < -0.4 is 15.0 Å². The molecule has 0 aromatic heterocycles. The minimum atomic E-state index is 0.0611. The number of benzene rings is 2. The Morgan fingerprint density at radius 3 is 2.68 bits per heavy atom. The Balaban J connectivity index is 1.42. The van der Waals surface area contributed by atoms with Gasteiger partial charge in [-0.05, 0) is 43.3 Å². The van der Waals surface area contributed by atoms with E-state index in [4.69, 9.17) is 4.74 Å². The van der Waals surface area contributed by atoms with Gasteiger partial charge in [0.15, 0.2) is 0 Å². The second-order valence-corrected chi connectivity index (χ2v) is 8.02. The molecule has 2 aromatic rings. The molecule has 1 aliphatic heterocycles. The van der Waals surface area contributed by atoms with Crippen molar-refractivity contribution in [2.24, 2.45) is 0 Å². The van der Waals surface area contributed by atoms with Crippen LogP contribution in [0.4, 0.5) is 5.69 Å². The fourth-order valence-electron chi connectivity index (χ4n) is 3.28. The molecule has 0 saturated carbocycles. The van der Waals surface area contributed by atoms with Gasteiger partial charge in [0.2, 0.25) is 5.91 Å². The molecule has 1 amide bonds. The van der Waals surface area contributed by atoms with E-state index in [1.807, 2.05) is 30.3 Å². The molecule has 1 heterocycles. The van der Waals surface area contributed by atoms with Gasteiger partial charge in [-0.15, -0.1) is 0 Å². The van der Waals surface area contributed by atoms with Crippen LogP contribution in [0.3, 0.4) is 0 Å². The third kappa shape index (κ3) is 6.24. The predicted octanol–water partition coefficient (Wildman–Crippen LogP) is 3.68. The van der Waals surface area contributed by atoms with E-state index in [9.17, 15) is 4.79 Å². The molecular formula is C22H28BrN3O2. The summed E-state index contributed by atoms with van der Waals surface area (Å²) in [5, 5.41) is 3.06. The Bertz CT molecular complexity index is 776. The number of rotatable bonds is 8. The number of piperazine rings is 1. The summed E-state index contributed by atoms with van der Waals surface area (Å²) in [4.78, 5) is 17.0. The van der Waals surface area contributed by atoms with Crippen LogP contribution >= 0.6 is 15.9 Å². The highest BCUT2D eigenvalue weighted by molar-refractivity contribution is 9.10. The van der Waals surface area contributed by atoms with Crippen molar-refractivity contribution in [2.75, 3.05) is 44.7 Å². The number of para-hydroxylation sites is 1. The summed E-state index contributed by atoms with van der Waals surface area (Å²) in [6.45, 7) is 5.27. The number of hydrogen-bond donors (Lipinski definition) is 1. The highest BCUT2D eigenvalue weighted by Crippen LogP contribution is 2.22. The summed E-state index contributed by atoms with van der Waals surface area (Å²) < 4.78 is 6.67. The highest BCUT2D eigenvalue weighted by atomic mass is 79.9. The number of likely N-dealkylation sites (N-methyl/N-ethyl adjacent to an activating group) is 1. The topological polar surface area (TPSA) is 44.8 Å². The smallest absolute Gasteiger partial charge is 0.220 e. The highest BCUT2D eigenvalue weighted by Gasteiger charge is 2.16. The summed E-state index contributed by atoms with van der Waals surface area (Å²) in [5.74, 6) is 0.877. The van der Waals surface area contributed by atoms with E-state index in [0.29, 0.717) is 26.0 Å². The van der Waals surface area contributed by atoms with Crippen molar-refractivity contribution in [2.45, 2.75) is 19.4 Å². The van der Waals surface area contributed by atoms with Gasteiger partial charge in [-0.2, -0.15) is 0 Å². The van der Waals surface area contributed by atoms with Crippen LogP contribution in [0.15, 0.2) is 53.0 Å². The lowest BCUT2D eigenvalue weighted by atomic mass is 10.1. The number of hydrogen-bond acceptors (Lipinski definition) is 4. The molecule has 3 rings (SSSR count). The van der Waals surface area contributed by atoms with Crippen LogP contribution in [0.5, 0.6) is 5.75 Å². The molecule has 1 fully saturated rings. The standard InChI is InChI=1S/C22H28BrN3O2/c1-25-11-13-26(14-12-25)21-9-3-2-6-18(21)17-24-22(27)10-5-15-28-20-8-4-7-19(23)16-20/h2-4,6-9,16H,5,10-15,17H2,1H3,(H,24,27). The minimum absolute atomic E-state index is 0.0611. The number of ether oxygens (including phenoxy) is 1. The number of carbonyl (C=O) groups excluding carboxylic acids is 1. The number of anilines is 1. The molecular weight excluding hydrogens is 418 g/mol. The van der Waals surface area contributed by atoms with E-state index in [1.165, 1.54) is 11.3 Å². The molecule has 28 heavy (non-hydrogen) atoms. The largest absolute Gasteiger partial charge is 0.494 e. The maximum Gasteiger partial charge on any atom is 0.220 e. The molecule has 0 radical (unpaired) electrons. The lowest BCUT2D eigenvalue weighted by Crippen LogP contribution is -2.45. The molecule has 0 atom stereocenters. The van der Waals surface area contributed by atoms with Gasteiger partial charge in [0.05, 0.1) is 6.61 Å². The lowest BCUT2D eigenvalue weighted by Gasteiger charge is -2.35. The molecule has 1 aliphatic rings. The van der Waals surface area contributed by atoms with Gasteiger partial charge in [-0.3, -0.25) is 4.79 Å². The van der Waals surface area contributed by atoms with Crippen LogP contribution in [0.25, 0.3) is 0 Å². The zero-order chi connectivity index (χ0) is 19.8. The van der Waals surface area contributed by atoms with E-state index >= 15 is 0 Å². The molecule has 0 aliphatic carbocycles. The van der Waals surface area contributed by atoms with Gasteiger partial charge < -0.3 is 19.9 Å². The van der Waals surface area contributed by atoms with Crippen LogP contribution in [0.1, 0.15) is 18.4 Å². The van der Waals surface area contributed by atoms with Crippen molar-refractivity contribution in [3.8, 4) is 5.75 Å². The number of halogens is 1. The van der Waals surface area contributed by atoms with Crippen molar-refractivity contribution in [3.63, 3.8) is 0 Å². The van der Waals surface area contributed by atoms with Crippen molar-refractivity contribution in [1.29, 1.82) is 0 Å². The second kappa shape index (κ2) is 10.5. The lowest BCUT2D eigenvalue weighted by molar-refractivity contribution is -0.121. The Kier molecular flexibility index (Phi) is 7.74. The number of nitrogens with zero attached hydrogens (tertiary/aromatic N) is 2. The number of amides is 1. The third-order valence-electron chi connectivity index (χ3n) is 4.92. The number of nitrogens with one attached hydrogen (secondary N) is 1. The summed E-state index contributed by atoms with van der Waals surface area (Å²) in [6, 6.07) is 16.1. The SMILES string of the molecule is CN1CCN(c2ccccc2CNC(=O)CCCOc2cccc(Br)c2)CC1. The van der Waals surface area contributed by atoms with Gasteiger partial charge >= 0.3 is 0 Å². The molecule has 0 spiro atoms. The van der Waals surface area contributed by atoms with Crippen LogP contribution in [-0.4, -0.2) is 50.6 Å². The predicted molar refractivity (Wildman–Crippen MR) is 117 cm³/mol. The van der Waals surface area contributed by atoms with Crippen molar-refractivity contribution in [3.05, 3.63) is 58.6 Å². The molecule has 2 aromatic carbocycles. The number of carbonyl (C=O) groups is 1. The summed E-state index contributed by atoms with van der Waals surface area (Å²) in [5.41, 5.74) is 2.40. The average Bonchev–Trinajstić information content (AvgIpc) is 2.71. The van der Waals surface area contributed by atoms with Crippen LogP contribution in [0, 0.1) is 0 Å². The van der Waals surface area contributed by atoms with E-state index in [1.54, 1.807) is 0 Å². The quantitative estimate of drug-likeness (QED) is 0.629. The normalized spacial score (nSPS) is 14.7. The molecule has 0 bridgehead atoms. The minimum Gasteiger partial charge on any atom is -0.494 e. The van der Waals surface area contributed by atoms with Crippen molar-refractivity contribution >= 4 is 27.5 Å². The Morgan fingerprint density at radius 1 is 1.11 bits per heavy atom. The Labute approximate surface area is 175 Å². The van der Waals surface area contributed by atoms with Gasteiger partial charge in [0.25, 0.3) is 0 Å². The van der Waals surface area contributed by atoms with Gasteiger partial charge in [0.1, 0.15) is 5.75 Å². The Morgan fingerprint density at radius 2 is 1.89 bits per heavy atom. The Hall–Kier alpha value is -2.05. The van der Waals surface area contributed by atoms with Crippen molar-refractivity contribution < 1.29 is 9.53 Å². The summed E-state index contributed by atoms with van der Waals surface area (Å²) in [6.07, 6.45) is 1.16. The first-order valence-corrected chi connectivity index (χ1v) is 10.6. The average molecular weight is 446 g/mol. The first-order chi connectivity index (χ1) is 13.6. The van der Waals surface area contributed by atoms with E-state index in [0.717, 1.165) is 36.4 Å². The molecule has 6 heteroatoms. The van der Waals surface area contributed by atoms with E-state index in [-0.39, 0.29) is 5.91 Å². The molecule has 5 nitrogen and oxygen atoms in total. The maximum atomic E-state index is 12.2. The maximum absolute atomic E-state index is 12.2. The zero-order valence-electron chi connectivity index (χ0n) is 16.4.